The number of aromatic nitrogens is 1. The predicted molar refractivity (Wildman–Crippen MR) is 71.7 cm³/mol. The van der Waals surface area contributed by atoms with Gasteiger partial charge in [-0.1, -0.05) is 30.3 Å². The molecule has 1 aromatic heterocycles. The summed E-state index contributed by atoms with van der Waals surface area (Å²) in [6, 6.07) is 13.7. The van der Waals surface area contributed by atoms with Crippen molar-refractivity contribution < 1.29 is 9.90 Å². The normalized spacial score (nSPS) is 15.8. The lowest BCUT2D eigenvalue weighted by molar-refractivity contribution is 0.188. The first kappa shape index (κ1) is 11.7. The lowest BCUT2D eigenvalue weighted by Gasteiger charge is -2.15. The van der Waals surface area contributed by atoms with Crippen LogP contribution in [0.5, 0.6) is 0 Å². The molecule has 4 nitrogen and oxygen atoms in total. The molecular formula is C15H14N2O2. The number of nitrogens with zero attached hydrogens (tertiary/aromatic N) is 1. The van der Waals surface area contributed by atoms with Crippen LogP contribution in [0.15, 0.2) is 48.7 Å². The van der Waals surface area contributed by atoms with E-state index in [2.05, 4.69) is 10.3 Å². The van der Waals surface area contributed by atoms with Crippen molar-refractivity contribution >= 4 is 6.09 Å². The first-order valence-electron chi connectivity index (χ1n) is 6.23. The number of hydrogen-bond donors (Lipinski definition) is 2. The average molecular weight is 254 g/mol. The molecule has 0 saturated heterocycles. The summed E-state index contributed by atoms with van der Waals surface area (Å²) in [5.41, 5.74) is 2.62. The average Bonchev–Trinajstić information content (AvgIpc) is 3.20. The number of benzene rings is 1. The number of amides is 1. The van der Waals surface area contributed by atoms with E-state index in [-0.39, 0.29) is 5.54 Å². The summed E-state index contributed by atoms with van der Waals surface area (Å²) in [6.45, 7) is 0. The molecule has 1 saturated carbocycles. The molecule has 1 amide bonds. The molecule has 1 fully saturated rings. The lowest BCUT2D eigenvalue weighted by atomic mass is 10.0. The van der Waals surface area contributed by atoms with E-state index in [9.17, 15) is 4.79 Å². The summed E-state index contributed by atoms with van der Waals surface area (Å²) in [5, 5.41) is 11.5. The van der Waals surface area contributed by atoms with Crippen LogP contribution in [0.2, 0.25) is 0 Å². The van der Waals surface area contributed by atoms with Gasteiger partial charge in [0.05, 0.1) is 11.2 Å². The minimum absolute atomic E-state index is 0.367. The van der Waals surface area contributed by atoms with Crippen molar-refractivity contribution in [3.8, 4) is 11.3 Å². The second kappa shape index (κ2) is 4.39. The van der Waals surface area contributed by atoms with Gasteiger partial charge in [-0.15, -0.1) is 0 Å². The summed E-state index contributed by atoms with van der Waals surface area (Å²) >= 11 is 0. The molecule has 1 aromatic carbocycles. The van der Waals surface area contributed by atoms with E-state index in [1.165, 1.54) is 0 Å². The monoisotopic (exact) mass is 254 g/mol. The number of carbonyl (C=O) groups is 1. The molecule has 1 heterocycles. The van der Waals surface area contributed by atoms with Gasteiger partial charge in [0.25, 0.3) is 0 Å². The zero-order valence-corrected chi connectivity index (χ0v) is 10.3. The summed E-state index contributed by atoms with van der Waals surface area (Å²) < 4.78 is 0. The highest BCUT2D eigenvalue weighted by molar-refractivity contribution is 5.67. The topological polar surface area (TPSA) is 62.2 Å². The zero-order valence-electron chi connectivity index (χ0n) is 10.3. The first-order valence-corrected chi connectivity index (χ1v) is 6.23. The standard InChI is InChI=1S/C15H14N2O2/c18-14(19)17-15(8-9-15)12-6-4-11(5-7-12)13-3-1-2-10-16-13/h1-7,10,17H,8-9H2,(H,18,19). The van der Waals surface area contributed by atoms with Crippen molar-refractivity contribution in [1.29, 1.82) is 0 Å². The number of pyridine rings is 1. The van der Waals surface area contributed by atoms with Crippen molar-refractivity contribution in [3.05, 3.63) is 54.2 Å². The molecule has 19 heavy (non-hydrogen) atoms. The Morgan fingerprint density at radius 2 is 1.89 bits per heavy atom. The third-order valence-corrected chi connectivity index (χ3v) is 3.49. The number of carboxylic acid groups (broad SMARTS) is 1. The van der Waals surface area contributed by atoms with Crippen LogP contribution in [-0.2, 0) is 5.54 Å². The maximum atomic E-state index is 10.8. The van der Waals surface area contributed by atoms with Crippen LogP contribution < -0.4 is 5.32 Å². The molecule has 0 bridgehead atoms. The Morgan fingerprint density at radius 1 is 1.16 bits per heavy atom. The molecule has 96 valence electrons. The Kier molecular flexibility index (Phi) is 2.71. The number of hydrogen-bond acceptors (Lipinski definition) is 2. The van der Waals surface area contributed by atoms with E-state index in [0.29, 0.717) is 0 Å². The third kappa shape index (κ3) is 2.29. The Morgan fingerprint density at radius 3 is 2.42 bits per heavy atom. The summed E-state index contributed by atoms with van der Waals surface area (Å²) in [6.07, 6.45) is 2.52. The largest absolute Gasteiger partial charge is 0.465 e. The fourth-order valence-electron chi connectivity index (χ4n) is 2.31. The van der Waals surface area contributed by atoms with Crippen LogP contribution in [-0.4, -0.2) is 16.2 Å². The minimum Gasteiger partial charge on any atom is -0.465 e. The molecule has 0 radical (unpaired) electrons. The second-order valence-corrected chi connectivity index (χ2v) is 4.80. The van der Waals surface area contributed by atoms with E-state index >= 15 is 0 Å². The van der Waals surface area contributed by atoms with Gasteiger partial charge in [-0.05, 0) is 30.5 Å². The van der Waals surface area contributed by atoms with Gasteiger partial charge in [-0.2, -0.15) is 0 Å². The molecule has 1 aliphatic rings. The van der Waals surface area contributed by atoms with Gasteiger partial charge < -0.3 is 10.4 Å². The Labute approximate surface area is 111 Å². The highest BCUT2D eigenvalue weighted by Gasteiger charge is 2.45. The van der Waals surface area contributed by atoms with Crippen molar-refractivity contribution in [2.45, 2.75) is 18.4 Å². The molecule has 4 heteroatoms. The molecular weight excluding hydrogens is 240 g/mol. The minimum atomic E-state index is -0.966. The van der Waals surface area contributed by atoms with Gasteiger partial charge in [0.2, 0.25) is 0 Å². The van der Waals surface area contributed by atoms with Crippen LogP contribution in [0.4, 0.5) is 4.79 Å². The molecule has 2 aromatic rings. The molecule has 1 aliphatic carbocycles. The maximum absolute atomic E-state index is 10.8. The van der Waals surface area contributed by atoms with Crippen molar-refractivity contribution in [2.24, 2.45) is 0 Å². The van der Waals surface area contributed by atoms with Crippen molar-refractivity contribution in [2.75, 3.05) is 0 Å². The number of rotatable bonds is 3. The van der Waals surface area contributed by atoms with Crippen LogP contribution >= 0.6 is 0 Å². The zero-order chi connectivity index (χ0) is 13.3. The summed E-state index contributed by atoms with van der Waals surface area (Å²) in [7, 11) is 0. The van der Waals surface area contributed by atoms with Gasteiger partial charge >= 0.3 is 6.09 Å². The van der Waals surface area contributed by atoms with Crippen LogP contribution in [0.3, 0.4) is 0 Å². The molecule has 2 N–H and O–H groups in total. The van der Waals surface area contributed by atoms with Crippen molar-refractivity contribution in [1.82, 2.24) is 10.3 Å². The van der Waals surface area contributed by atoms with E-state index in [1.807, 2.05) is 42.5 Å². The van der Waals surface area contributed by atoms with Crippen LogP contribution in [0.25, 0.3) is 11.3 Å². The third-order valence-electron chi connectivity index (χ3n) is 3.49. The molecule has 0 unspecified atom stereocenters. The summed E-state index contributed by atoms with van der Waals surface area (Å²) in [4.78, 5) is 15.1. The Balaban J connectivity index is 1.86. The smallest absolute Gasteiger partial charge is 0.405 e. The van der Waals surface area contributed by atoms with E-state index in [1.54, 1.807) is 6.20 Å². The van der Waals surface area contributed by atoms with Crippen LogP contribution in [0.1, 0.15) is 18.4 Å². The van der Waals surface area contributed by atoms with Gasteiger partial charge in [0, 0.05) is 11.8 Å². The van der Waals surface area contributed by atoms with E-state index in [4.69, 9.17) is 5.11 Å². The summed E-state index contributed by atoms with van der Waals surface area (Å²) in [5.74, 6) is 0. The fourth-order valence-corrected chi connectivity index (χ4v) is 2.31. The van der Waals surface area contributed by atoms with Gasteiger partial charge in [-0.25, -0.2) is 4.79 Å². The first-order chi connectivity index (χ1) is 9.20. The molecule has 0 spiro atoms. The Hall–Kier alpha value is -2.36. The quantitative estimate of drug-likeness (QED) is 0.885. The second-order valence-electron chi connectivity index (χ2n) is 4.80. The maximum Gasteiger partial charge on any atom is 0.405 e. The molecule has 0 aliphatic heterocycles. The lowest BCUT2D eigenvalue weighted by Crippen LogP contribution is -2.33. The Bertz CT molecular complexity index is 589. The SMILES string of the molecule is O=C(O)NC1(c2ccc(-c3ccccn3)cc2)CC1. The highest BCUT2D eigenvalue weighted by atomic mass is 16.4. The van der Waals surface area contributed by atoms with E-state index < -0.39 is 6.09 Å². The van der Waals surface area contributed by atoms with Crippen LogP contribution in [0, 0.1) is 0 Å². The van der Waals surface area contributed by atoms with Gasteiger partial charge in [-0.3, -0.25) is 4.98 Å². The van der Waals surface area contributed by atoms with Gasteiger partial charge in [0.1, 0.15) is 0 Å². The number of nitrogens with one attached hydrogen (secondary N) is 1. The van der Waals surface area contributed by atoms with E-state index in [0.717, 1.165) is 29.7 Å². The highest BCUT2D eigenvalue weighted by Crippen LogP contribution is 2.45. The van der Waals surface area contributed by atoms with Crippen molar-refractivity contribution in [3.63, 3.8) is 0 Å². The molecule has 3 rings (SSSR count). The molecule has 0 atom stereocenters. The fraction of sp³-hybridized carbons (Fsp3) is 0.200. The predicted octanol–water partition coefficient (Wildman–Crippen LogP) is 3.01. The van der Waals surface area contributed by atoms with Gasteiger partial charge in [0.15, 0.2) is 0 Å².